The maximum absolute atomic E-state index is 14.1. The molecule has 2 aromatic heterocycles. The van der Waals surface area contributed by atoms with Crippen LogP contribution in [-0.4, -0.2) is 70.2 Å². The molecule has 0 atom stereocenters. The zero-order valence-corrected chi connectivity index (χ0v) is 26.0. The molecule has 1 amide bonds. The third-order valence-corrected chi connectivity index (χ3v) is 9.45. The Hall–Kier alpha value is -3.87. The van der Waals surface area contributed by atoms with Crippen molar-refractivity contribution >= 4 is 44.7 Å². The molecule has 8 nitrogen and oxygen atoms in total. The summed E-state index contributed by atoms with van der Waals surface area (Å²) in [5, 5.41) is 8.01. The standard InChI is InChI=1S/C33H35F3N6O2S/c1-3-41-10-12-42(13-11-41)17-23-7-5-21(14-26(23)33(34,35)36)15-28(43)22-6-4-20(2)27(16-22)40-32(44)25-18-45-30-29(25)37-19-38-31(30)39-24-8-9-24/h4-7,14,16,18-19,24H,3,8-13,15,17H2,1-2H3,(H,40,44)(H,37,38,39). The van der Waals surface area contributed by atoms with Gasteiger partial charge in [-0.25, -0.2) is 9.97 Å². The second-order valence-electron chi connectivity index (χ2n) is 11.8. The Bertz CT molecular complexity index is 1730. The van der Waals surface area contributed by atoms with E-state index in [9.17, 15) is 22.8 Å². The van der Waals surface area contributed by atoms with Gasteiger partial charge in [0.1, 0.15) is 12.1 Å². The third-order valence-electron chi connectivity index (χ3n) is 8.47. The molecule has 1 aliphatic heterocycles. The number of carbonyl (C=O) groups is 2. The number of nitrogens with zero attached hydrogens (tertiary/aromatic N) is 4. The monoisotopic (exact) mass is 636 g/mol. The van der Waals surface area contributed by atoms with Gasteiger partial charge in [-0.05, 0) is 55.1 Å². The molecule has 2 aromatic carbocycles. The minimum Gasteiger partial charge on any atom is -0.366 e. The van der Waals surface area contributed by atoms with Gasteiger partial charge in [0.15, 0.2) is 5.78 Å². The fraction of sp³-hybridized carbons (Fsp3) is 0.394. The van der Waals surface area contributed by atoms with E-state index in [-0.39, 0.29) is 35.8 Å². The van der Waals surface area contributed by atoms with Crippen LogP contribution in [-0.2, 0) is 19.1 Å². The van der Waals surface area contributed by atoms with E-state index in [2.05, 4.69) is 32.4 Å². The maximum Gasteiger partial charge on any atom is 0.416 e. The number of alkyl halides is 3. The normalized spacial score (nSPS) is 16.2. The van der Waals surface area contributed by atoms with Crippen LogP contribution in [0.25, 0.3) is 10.2 Å². The average Bonchev–Trinajstić information content (AvgIpc) is 3.73. The largest absolute Gasteiger partial charge is 0.416 e. The van der Waals surface area contributed by atoms with Crippen LogP contribution >= 0.6 is 11.3 Å². The number of anilines is 2. The first-order valence-corrected chi connectivity index (χ1v) is 16.0. The Labute approximate surface area is 263 Å². The molecular formula is C33H35F3N6O2S. The summed E-state index contributed by atoms with van der Waals surface area (Å²) in [6, 6.07) is 9.53. The number of aryl methyl sites for hydroxylation is 1. The number of nitrogens with one attached hydrogen (secondary N) is 2. The zero-order chi connectivity index (χ0) is 31.7. The van der Waals surface area contributed by atoms with Crippen molar-refractivity contribution in [2.45, 2.75) is 51.9 Å². The molecule has 236 valence electrons. The van der Waals surface area contributed by atoms with Gasteiger partial charge in [0.2, 0.25) is 0 Å². The number of Topliss-reactive ketones (excluding diaryl/α,β-unsaturated/α-hetero) is 1. The van der Waals surface area contributed by atoms with Gasteiger partial charge < -0.3 is 15.5 Å². The number of amides is 1. The Morgan fingerprint density at radius 3 is 2.49 bits per heavy atom. The molecule has 2 fully saturated rings. The Morgan fingerprint density at radius 1 is 1.02 bits per heavy atom. The van der Waals surface area contributed by atoms with Crippen molar-refractivity contribution in [3.63, 3.8) is 0 Å². The van der Waals surface area contributed by atoms with Gasteiger partial charge in [0.25, 0.3) is 5.91 Å². The van der Waals surface area contributed by atoms with E-state index in [1.807, 2.05) is 11.8 Å². The van der Waals surface area contributed by atoms with E-state index in [0.717, 1.165) is 48.8 Å². The van der Waals surface area contributed by atoms with Crippen molar-refractivity contribution < 1.29 is 22.8 Å². The fourth-order valence-electron chi connectivity index (χ4n) is 5.58. The molecule has 4 aromatic rings. The highest BCUT2D eigenvalue weighted by Crippen LogP contribution is 2.35. The van der Waals surface area contributed by atoms with Gasteiger partial charge in [0, 0.05) is 61.8 Å². The van der Waals surface area contributed by atoms with Crippen molar-refractivity contribution in [2.24, 2.45) is 0 Å². The number of likely N-dealkylation sites (N-methyl/N-ethyl adjacent to an activating group) is 1. The number of benzene rings is 2. The predicted molar refractivity (Wildman–Crippen MR) is 170 cm³/mol. The first kappa shape index (κ1) is 31.1. The summed E-state index contributed by atoms with van der Waals surface area (Å²) in [4.78, 5) is 39.6. The molecule has 0 radical (unpaired) electrons. The number of rotatable bonds is 10. The minimum absolute atomic E-state index is 0.197. The van der Waals surface area contributed by atoms with Crippen LogP contribution in [0, 0.1) is 6.92 Å². The highest BCUT2D eigenvalue weighted by atomic mass is 32.1. The average molecular weight is 637 g/mol. The maximum atomic E-state index is 14.1. The molecule has 2 aliphatic rings. The van der Waals surface area contributed by atoms with Crippen molar-refractivity contribution in [1.29, 1.82) is 0 Å². The number of halogens is 3. The van der Waals surface area contributed by atoms with Crippen LogP contribution in [0.2, 0.25) is 0 Å². The van der Waals surface area contributed by atoms with Crippen molar-refractivity contribution in [3.8, 4) is 0 Å². The van der Waals surface area contributed by atoms with Crippen molar-refractivity contribution in [2.75, 3.05) is 43.4 Å². The Kier molecular flexibility index (Phi) is 8.89. The highest BCUT2D eigenvalue weighted by molar-refractivity contribution is 7.18. The number of ketones is 1. The summed E-state index contributed by atoms with van der Waals surface area (Å²) in [6.45, 7) is 8.13. The smallest absolute Gasteiger partial charge is 0.366 e. The first-order valence-electron chi connectivity index (χ1n) is 15.2. The van der Waals surface area contributed by atoms with Crippen LogP contribution < -0.4 is 10.6 Å². The summed E-state index contributed by atoms with van der Waals surface area (Å²) in [7, 11) is 0. The molecule has 0 unspecified atom stereocenters. The summed E-state index contributed by atoms with van der Waals surface area (Å²) < 4.78 is 43.1. The topological polar surface area (TPSA) is 90.5 Å². The molecular weight excluding hydrogens is 601 g/mol. The van der Waals surface area contributed by atoms with E-state index >= 15 is 0 Å². The lowest BCUT2D eigenvalue weighted by atomic mass is 9.97. The van der Waals surface area contributed by atoms with E-state index in [0.29, 0.717) is 47.3 Å². The van der Waals surface area contributed by atoms with E-state index in [1.165, 1.54) is 23.7 Å². The summed E-state index contributed by atoms with van der Waals surface area (Å²) in [6.07, 6.45) is -1.12. The van der Waals surface area contributed by atoms with Crippen LogP contribution in [0.4, 0.5) is 24.7 Å². The van der Waals surface area contributed by atoms with Gasteiger partial charge >= 0.3 is 6.18 Å². The zero-order valence-electron chi connectivity index (χ0n) is 25.2. The number of piperazine rings is 1. The molecule has 0 bridgehead atoms. The molecule has 6 rings (SSSR count). The lowest BCUT2D eigenvalue weighted by molar-refractivity contribution is -0.138. The van der Waals surface area contributed by atoms with Gasteiger partial charge in [-0.1, -0.05) is 31.2 Å². The van der Waals surface area contributed by atoms with Gasteiger partial charge in [0.05, 0.1) is 21.3 Å². The predicted octanol–water partition coefficient (Wildman–Crippen LogP) is 6.41. The van der Waals surface area contributed by atoms with Gasteiger partial charge in [-0.2, -0.15) is 13.2 Å². The SMILES string of the molecule is CCN1CCN(Cc2ccc(CC(=O)c3ccc(C)c(NC(=O)c4csc5c(NC6CC6)ncnc45)c3)cc2C(F)(F)F)CC1. The fourth-order valence-corrected chi connectivity index (χ4v) is 6.53. The molecule has 12 heteroatoms. The number of hydrogen-bond donors (Lipinski definition) is 2. The third kappa shape index (κ3) is 7.18. The summed E-state index contributed by atoms with van der Waals surface area (Å²) in [5.41, 5.74) is 2.25. The van der Waals surface area contributed by atoms with E-state index in [4.69, 9.17) is 0 Å². The summed E-state index contributed by atoms with van der Waals surface area (Å²) in [5.74, 6) is 0.00459. The summed E-state index contributed by atoms with van der Waals surface area (Å²) >= 11 is 1.39. The number of thiophene rings is 1. The van der Waals surface area contributed by atoms with Gasteiger partial charge in [-0.15, -0.1) is 11.3 Å². The van der Waals surface area contributed by atoms with Crippen molar-refractivity contribution in [1.82, 2.24) is 19.8 Å². The van der Waals surface area contributed by atoms with Crippen molar-refractivity contribution in [3.05, 3.63) is 81.5 Å². The highest BCUT2D eigenvalue weighted by Gasteiger charge is 2.34. The van der Waals surface area contributed by atoms with E-state index in [1.54, 1.807) is 29.6 Å². The molecule has 2 N–H and O–H groups in total. The lowest BCUT2D eigenvalue weighted by Crippen LogP contribution is -2.45. The number of aromatic nitrogens is 2. The molecule has 1 saturated heterocycles. The molecule has 3 heterocycles. The number of carbonyl (C=O) groups excluding carboxylic acids is 2. The quantitative estimate of drug-likeness (QED) is 0.195. The number of fused-ring (bicyclic) bond motifs is 1. The lowest BCUT2D eigenvalue weighted by Gasteiger charge is -2.34. The van der Waals surface area contributed by atoms with Crippen LogP contribution in [0.3, 0.4) is 0 Å². The Balaban J connectivity index is 1.16. The molecule has 1 aliphatic carbocycles. The molecule has 45 heavy (non-hydrogen) atoms. The Morgan fingerprint density at radius 2 is 1.78 bits per heavy atom. The van der Waals surface area contributed by atoms with Crippen LogP contribution in [0.5, 0.6) is 0 Å². The molecule has 1 saturated carbocycles. The first-order chi connectivity index (χ1) is 21.6. The van der Waals surface area contributed by atoms with Crippen LogP contribution in [0.1, 0.15) is 62.7 Å². The minimum atomic E-state index is -4.54. The second-order valence-corrected chi connectivity index (χ2v) is 12.6. The molecule has 0 spiro atoms. The van der Waals surface area contributed by atoms with Crippen LogP contribution in [0.15, 0.2) is 48.1 Å². The number of hydrogen-bond acceptors (Lipinski definition) is 8. The van der Waals surface area contributed by atoms with Gasteiger partial charge in [-0.3, -0.25) is 14.5 Å². The second kappa shape index (κ2) is 12.9. The van der Waals surface area contributed by atoms with E-state index < -0.39 is 11.7 Å².